The lowest BCUT2D eigenvalue weighted by Crippen LogP contribution is -2.50. The van der Waals surface area contributed by atoms with Crippen molar-refractivity contribution < 1.29 is 24.2 Å². The Hall–Kier alpha value is -2.20. The number of carbonyl (C=O) groups excluding carboxylic acids is 2. The van der Waals surface area contributed by atoms with Gasteiger partial charge in [0.15, 0.2) is 5.69 Å². The minimum Gasteiger partial charge on any atom is -0.461 e. The molecule has 10 nitrogen and oxygen atoms in total. The van der Waals surface area contributed by atoms with Crippen molar-refractivity contribution in [2.24, 2.45) is 17.0 Å². The molecule has 1 aromatic rings. The number of methoxy groups -OCH3 is 1. The molecule has 4 atom stereocenters. The van der Waals surface area contributed by atoms with Crippen LogP contribution in [0.25, 0.3) is 10.4 Å². The van der Waals surface area contributed by atoms with E-state index in [0.29, 0.717) is 24.6 Å². The number of amides is 1. The fourth-order valence-electron chi connectivity index (χ4n) is 3.31. The molecular formula is C21H35N5O5S. The zero-order valence-electron chi connectivity index (χ0n) is 19.7. The summed E-state index contributed by atoms with van der Waals surface area (Å²) in [5.41, 5.74) is 9.15. The maximum absolute atomic E-state index is 13.4. The molecule has 1 heterocycles. The second-order valence-electron chi connectivity index (χ2n) is 7.91. The van der Waals surface area contributed by atoms with E-state index in [2.05, 4.69) is 15.0 Å². The van der Waals surface area contributed by atoms with Gasteiger partial charge in [-0.2, -0.15) is 0 Å². The van der Waals surface area contributed by atoms with Gasteiger partial charge in [-0.15, -0.1) is 11.3 Å². The first-order chi connectivity index (χ1) is 15.2. The van der Waals surface area contributed by atoms with Crippen LogP contribution >= 0.6 is 11.3 Å². The van der Waals surface area contributed by atoms with Crippen LogP contribution in [0, 0.1) is 11.8 Å². The molecule has 1 N–H and O–H groups in total. The van der Waals surface area contributed by atoms with E-state index in [1.165, 1.54) is 11.3 Å². The molecule has 0 aliphatic rings. The Balaban J connectivity index is 3.17. The summed E-state index contributed by atoms with van der Waals surface area (Å²) in [5, 5.41) is 16.6. The Morgan fingerprint density at radius 3 is 2.56 bits per heavy atom. The topological polar surface area (TPSA) is 138 Å². The fraction of sp³-hybridized carbons (Fsp3) is 0.762. The van der Waals surface area contributed by atoms with Gasteiger partial charge in [-0.25, -0.2) is 9.78 Å². The summed E-state index contributed by atoms with van der Waals surface area (Å²) in [4.78, 5) is 34.0. The van der Waals surface area contributed by atoms with Crippen LogP contribution in [0.3, 0.4) is 0 Å². The maximum Gasteiger partial charge on any atom is 0.357 e. The number of thiazole rings is 1. The summed E-state index contributed by atoms with van der Waals surface area (Å²) >= 11 is 1.17. The molecule has 11 heteroatoms. The monoisotopic (exact) mass is 469 g/mol. The SMILES string of the molecule is CCOC(=O)c1csc([C@H](O)C[C@H](C(C)C)N(CCOC)C(=O)[C@@H](N=[N+]=[N-])[C@@H](C)CC)n1. The van der Waals surface area contributed by atoms with E-state index >= 15 is 0 Å². The van der Waals surface area contributed by atoms with Crippen LogP contribution in [-0.2, 0) is 14.3 Å². The van der Waals surface area contributed by atoms with Crippen molar-refractivity contribution in [1.29, 1.82) is 0 Å². The van der Waals surface area contributed by atoms with Crippen LogP contribution < -0.4 is 0 Å². The van der Waals surface area contributed by atoms with Crippen LogP contribution in [-0.4, -0.2) is 65.8 Å². The molecule has 0 radical (unpaired) electrons. The van der Waals surface area contributed by atoms with Gasteiger partial charge in [0.2, 0.25) is 5.91 Å². The summed E-state index contributed by atoms with van der Waals surface area (Å²) < 4.78 is 10.2. The summed E-state index contributed by atoms with van der Waals surface area (Å²) in [6.07, 6.45) is -0.0834. The Bertz CT molecular complexity index is 780. The lowest BCUT2D eigenvalue weighted by Gasteiger charge is -2.37. The highest BCUT2D eigenvalue weighted by molar-refractivity contribution is 7.09. The Kier molecular flexibility index (Phi) is 12.2. The van der Waals surface area contributed by atoms with E-state index in [-0.39, 0.29) is 42.5 Å². The minimum atomic E-state index is -0.977. The zero-order valence-corrected chi connectivity index (χ0v) is 20.5. The summed E-state index contributed by atoms with van der Waals surface area (Å²) in [7, 11) is 1.55. The third kappa shape index (κ3) is 7.74. The van der Waals surface area contributed by atoms with Gasteiger partial charge in [0, 0.05) is 36.4 Å². The van der Waals surface area contributed by atoms with Gasteiger partial charge in [-0.3, -0.25) is 4.79 Å². The quantitative estimate of drug-likeness (QED) is 0.189. The van der Waals surface area contributed by atoms with Gasteiger partial charge in [-0.05, 0) is 24.3 Å². The number of rotatable bonds is 14. The normalized spacial score (nSPS) is 14.9. The molecule has 0 aliphatic carbocycles. The van der Waals surface area contributed by atoms with Gasteiger partial charge in [0.25, 0.3) is 0 Å². The standard InChI is InChI=1S/C21H35N5O5S/c1-7-14(5)18(24-25-22)20(28)26(9-10-30-6)16(13(3)4)11-17(27)19-23-15(12-32-19)21(29)31-8-2/h12-14,16-18,27H,7-11H2,1-6H3/t14-,16+,17+,18-/m0/s1. The number of hydrogen-bond acceptors (Lipinski definition) is 8. The number of aliphatic hydroxyl groups is 1. The predicted octanol–water partition coefficient (Wildman–Crippen LogP) is 3.97. The number of esters is 1. The number of nitrogens with zero attached hydrogens (tertiary/aromatic N) is 5. The van der Waals surface area contributed by atoms with Gasteiger partial charge < -0.3 is 19.5 Å². The average molecular weight is 470 g/mol. The first-order valence-corrected chi connectivity index (χ1v) is 11.7. The van der Waals surface area contributed by atoms with Crippen molar-refractivity contribution in [2.75, 3.05) is 26.9 Å². The van der Waals surface area contributed by atoms with Crippen molar-refractivity contribution >= 4 is 23.2 Å². The molecule has 0 aromatic carbocycles. The smallest absolute Gasteiger partial charge is 0.357 e. The number of ether oxygens (including phenoxy) is 2. The predicted molar refractivity (Wildman–Crippen MR) is 122 cm³/mol. The van der Waals surface area contributed by atoms with Crippen molar-refractivity contribution in [1.82, 2.24) is 9.88 Å². The van der Waals surface area contributed by atoms with Crippen molar-refractivity contribution in [3.63, 3.8) is 0 Å². The number of carbonyl (C=O) groups is 2. The molecule has 1 rings (SSSR count). The molecule has 1 aromatic heterocycles. The van der Waals surface area contributed by atoms with Gasteiger partial charge in [0.1, 0.15) is 17.2 Å². The largest absolute Gasteiger partial charge is 0.461 e. The van der Waals surface area contributed by atoms with Crippen LogP contribution in [0.5, 0.6) is 0 Å². The van der Waals surface area contributed by atoms with Crippen molar-refractivity contribution in [3.05, 3.63) is 26.5 Å². The van der Waals surface area contributed by atoms with Crippen LogP contribution in [0.1, 0.15) is 69.1 Å². The molecule has 0 saturated heterocycles. The average Bonchev–Trinajstić information content (AvgIpc) is 3.26. The lowest BCUT2D eigenvalue weighted by atomic mass is 9.93. The molecule has 0 unspecified atom stereocenters. The molecule has 0 fully saturated rings. The molecule has 0 spiro atoms. The maximum atomic E-state index is 13.4. The Morgan fingerprint density at radius 2 is 2.03 bits per heavy atom. The highest BCUT2D eigenvalue weighted by Crippen LogP contribution is 2.29. The highest BCUT2D eigenvalue weighted by Gasteiger charge is 2.35. The molecular weight excluding hydrogens is 434 g/mol. The van der Waals surface area contributed by atoms with E-state index in [9.17, 15) is 14.7 Å². The van der Waals surface area contributed by atoms with Gasteiger partial charge in [0.05, 0.1) is 13.2 Å². The Morgan fingerprint density at radius 1 is 1.34 bits per heavy atom. The zero-order chi connectivity index (χ0) is 24.3. The highest BCUT2D eigenvalue weighted by atomic mass is 32.1. The van der Waals surface area contributed by atoms with Crippen LogP contribution in [0.2, 0.25) is 0 Å². The number of aromatic nitrogens is 1. The Labute approximate surface area is 193 Å². The van der Waals surface area contributed by atoms with Crippen molar-refractivity contribution in [3.8, 4) is 0 Å². The first kappa shape index (κ1) is 27.8. The minimum absolute atomic E-state index is 0.00130. The number of hydrogen-bond donors (Lipinski definition) is 1. The van der Waals surface area contributed by atoms with Crippen LogP contribution in [0.15, 0.2) is 10.5 Å². The molecule has 0 saturated carbocycles. The van der Waals surface area contributed by atoms with E-state index in [0.717, 1.165) is 0 Å². The molecule has 1 amide bonds. The summed E-state index contributed by atoms with van der Waals surface area (Å²) in [6.45, 7) is 10.3. The van der Waals surface area contributed by atoms with Gasteiger partial charge >= 0.3 is 5.97 Å². The molecule has 0 bridgehead atoms. The molecule has 32 heavy (non-hydrogen) atoms. The lowest BCUT2D eigenvalue weighted by molar-refractivity contribution is -0.138. The third-order valence-corrected chi connectivity index (χ3v) is 6.30. The molecule has 0 aliphatic heterocycles. The number of azide groups is 1. The van der Waals surface area contributed by atoms with E-state index in [1.807, 2.05) is 27.7 Å². The fourth-order valence-corrected chi connectivity index (χ4v) is 4.10. The number of aliphatic hydroxyl groups excluding tert-OH is 1. The second kappa shape index (κ2) is 14.1. The van der Waals surface area contributed by atoms with Crippen molar-refractivity contribution in [2.45, 2.75) is 65.6 Å². The first-order valence-electron chi connectivity index (χ1n) is 10.9. The summed E-state index contributed by atoms with van der Waals surface area (Å²) in [5.74, 6) is -0.956. The summed E-state index contributed by atoms with van der Waals surface area (Å²) in [6, 6.07) is -1.20. The third-order valence-electron chi connectivity index (χ3n) is 5.36. The molecule has 180 valence electrons. The van der Waals surface area contributed by atoms with E-state index in [1.54, 1.807) is 24.3 Å². The van der Waals surface area contributed by atoms with Gasteiger partial charge in [-0.1, -0.05) is 39.2 Å². The van der Waals surface area contributed by atoms with E-state index in [4.69, 9.17) is 15.0 Å². The van der Waals surface area contributed by atoms with E-state index < -0.39 is 18.1 Å². The second-order valence-corrected chi connectivity index (χ2v) is 8.80. The van der Waals surface area contributed by atoms with Crippen LogP contribution in [0.4, 0.5) is 0 Å².